The van der Waals surface area contributed by atoms with E-state index in [4.69, 9.17) is 4.74 Å². The monoisotopic (exact) mass is 290 g/mol. The lowest BCUT2D eigenvalue weighted by Crippen LogP contribution is -1.84. The van der Waals surface area contributed by atoms with Crippen LogP contribution in [0.2, 0.25) is 0 Å². The Balaban J connectivity index is 2.11. The second-order valence-electron chi connectivity index (χ2n) is 3.37. The first-order valence-corrected chi connectivity index (χ1v) is 5.87. The fraction of sp³-hybridized carbons (Fsp3) is 0.0769. The highest BCUT2D eigenvalue weighted by Gasteiger charge is 1.92. The highest BCUT2D eigenvalue weighted by atomic mass is 79.9. The van der Waals surface area contributed by atoms with Crippen LogP contribution in [-0.2, 0) is 0 Å². The molecule has 1 aromatic heterocycles. The minimum atomic E-state index is 0.684. The van der Waals surface area contributed by atoms with E-state index >= 15 is 0 Å². The maximum absolute atomic E-state index is 5.08. The summed E-state index contributed by atoms with van der Waals surface area (Å²) in [5, 5.41) is 0. The Labute approximate surface area is 108 Å². The van der Waals surface area contributed by atoms with Crippen LogP contribution < -0.4 is 4.74 Å². The Morgan fingerprint density at radius 3 is 2.53 bits per heavy atom. The molecule has 2 aromatic rings. The first-order chi connectivity index (χ1) is 8.28. The Bertz CT molecular complexity index is 506. The van der Waals surface area contributed by atoms with E-state index in [0.29, 0.717) is 5.82 Å². The highest BCUT2D eigenvalue weighted by Crippen LogP contribution is 2.14. The van der Waals surface area contributed by atoms with Crippen molar-refractivity contribution in [2.75, 3.05) is 7.11 Å². The van der Waals surface area contributed by atoms with E-state index in [1.54, 1.807) is 19.5 Å². The van der Waals surface area contributed by atoms with Gasteiger partial charge in [0.05, 0.1) is 7.11 Å². The van der Waals surface area contributed by atoms with Gasteiger partial charge in [-0.2, -0.15) is 0 Å². The zero-order chi connectivity index (χ0) is 12.1. The predicted octanol–water partition coefficient (Wildman–Crippen LogP) is 3.60. The van der Waals surface area contributed by atoms with Crippen LogP contribution in [0.3, 0.4) is 0 Å². The Morgan fingerprint density at radius 2 is 1.94 bits per heavy atom. The average Bonchev–Trinajstić information content (AvgIpc) is 2.39. The first-order valence-electron chi connectivity index (χ1n) is 5.07. The standard InChI is InChI=1S/C13H11BrN2O/c1-17-12-5-2-10(3-6-12)8-15-13-7-4-11(14)9-16-13/h2-9H,1H3/b15-8+. The molecule has 0 spiro atoms. The third kappa shape index (κ3) is 3.39. The molecule has 0 unspecified atom stereocenters. The summed E-state index contributed by atoms with van der Waals surface area (Å²) >= 11 is 3.33. The van der Waals surface area contributed by atoms with Crippen LogP contribution in [0.15, 0.2) is 52.1 Å². The molecule has 0 amide bonds. The van der Waals surface area contributed by atoms with Crippen molar-refractivity contribution < 1.29 is 4.74 Å². The van der Waals surface area contributed by atoms with E-state index in [-0.39, 0.29) is 0 Å². The lowest BCUT2D eigenvalue weighted by atomic mass is 10.2. The Hall–Kier alpha value is -1.68. The Kier molecular flexibility index (Phi) is 3.88. The molecule has 0 bridgehead atoms. The molecule has 0 radical (unpaired) electrons. The number of nitrogens with zero attached hydrogens (tertiary/aromatic N) is 2. The number of methoxy groups -OCH3 is 1. The number of benzene rings is 1. The highest BCUT2D eigenvalue weighted by molar-refractivity contribution is 9.10. The van der Waals surface area contributed by atoms with E-state index in [1.165, 1.54) is 0 Å². The zero-order valence-electron chi connectivity index (χ0n) is 9.30. The molecule has 0 N–H and O–H groups in total. The maximum atomic E-state index is 5.08. The number of pyridine rings is 1. The second-order valence-corrected chi connectivity index (χ2v) is 4.28. The van der Waals surface area contributed by atoms with Gasteiger partial charge in [-0.3, -0.25) is 0 Å². The summed E-state index contributed by atoms with van der Waals surface area (Å²) in [6.45, 7) is 0. The average molecular weight is 291 g/mol. The largest absolute Gasteiger partial charge is 0.497 e. The minimum Gasteiger partial charge on any atom is -0.497 e. The lowest BCUT2D eigenvalue weighted by molar-refractivity contribution is 0.415. The van der Waals surface area contributed by atoms with Gasteiger partial charge in [-0.05, 0) is 57.9 Å². The molecule has 4 heteroatoms. The van der Waals surface area contributed by atoms with Crippen molar-refractivity contribution in [2.24, 2.45) is 4.99 Å². The molecule has 1 aromatic carbocycles. The van der Waals surface area contributed by atoms with Crippen molar-refractivity contribution in [1.82, 2.24) is 4.98 Å². The van der Waals surface area contributed by atoms with Crippen LogP contribution in [0.1, 0.15) is 5.56 Å². The van der Waals surface area contributed by atoms with Gasteiger partial charge < -0.3 is 4.74 Å². The summed E-state index contributed by atoms with van der Waals surface area (Å²) in [4.78, 5) is 8.43. The van der Waals surface area contributed by atoms with E-state index in [0.717, 1.165) is 15.8 Å². The van der Waals surface area contributed by atoms with Crippen LogP contribution in [-0.4, -0.2) is 18.3 Å². The summed E-state index contributed by atoms with van der Waals surface area (Å²) < 4.78 is 6.03. The van der Waals surface area contributed by atoms with Gasteiger partial charge in [0.15, 0.2) is 5.82 Å². The van der Waals surface area contributed by atoms with Crippen LogP contribution >= 0.6 is 15.9 Å². The molecule has 17 heavy (non-hydrogen) atoms. The molecular weight excluding hydrogens is 280 g/mol. The van der Waals surface area contributed by atoms with Gasteiger partial charge in [0.1, 0.15) is 5.75 Å². The van der Waals surface area contributed by atoms with Crippen LogP contribution in [0.4, 0.5) is 5.82 Å². The molecule has 0 atom stereocenters. The summed E-state index contributed by atoms with van der Waals surface area (Å²) in [6.07, 6.45) is 3.50. The maximum Gasteiger partial charge on any atom is 0.151 e. The van der Waals surface area contributed by atoms with Gasteiger partial charge in [-0.25, -0.2) is 9.98 Å². The quantitative estimate of drug-likeness (QED) is 0.810. The van der Waals surface area contributed by atoms with Gasteiger partial charge in [0, 0.05) is 16.9 Å². The van der Waals surface area contributed by atoms with E-state index in [9.17, 15) is 0 Å². The van der Waals surface area contributed by atoms with E-state index < -0.39 is 0 Å². The number of hydrogen-bond acceptors (Lipinski definition) is 3. The van der Waals surface area contributed by atoms with Crippen molar-refractivity contribution in [1.29, 1.82) is 0 Å². The van der Waals surface area contributed by atoms with Gasteiger partial charge in [-0.15, -0.1) is 0 Å². The molecule has 0 saturated heterocycles. The van der Waals surface area contributed by atoms with Crippen molar-refractivity contribution in [3.05, 3.63) is 52.6 Å². The molecule has 0 aliphatic rings. The number of halogens is 1. The van der Waals surface area contributed by atoms with Gasteiger partial charge in [0.25, 0.3) is 0 Å². The summed E-state index contributed by atoms with van der Waals surface area (Å²) in [7, 11) is 1.65. The predicted molar refractivity (Wildman–Crippen MR) is 72.2 cm³/mol. The molecule has 2 rings (SSSR count). The van der Waals surface area contributed by atoms with Crippen molar-refractivity contribution in [3.8, 4) is 5.75 Å². The van der Waals surface area contributed by atoms with Crippen LogP contribution in [0.5, 0.6) is 5.75 Å². The van der Waals surface area contributed by atoms with Crippen LogP contribution in [0, 0.1) is 0 Å². The molecule has 0 aliphatic carbocycles. The number of ether oxygens (including phenoxy) is 1. The first kappa shape index (κ1) is 11.8. The SMILES string of the molecule is COc1ccc(/C=N/c2ccc(Br)cn2)cc1. The van der Waals surface area contributed by atoms with Gasteiger partial charge >= 0.3 is 0 Å². The summed E-state index contributed by atoms with van der Waals surface area (Å²) in [5.74, 6) is 1.52. The second kappa shape index (κ2) is 5.59. The minimum absolute atomic E-state index is 0.684. The molecule has 1 heterocycles. The van der Waals surface area contributed by atoms with Gasteiger partial charge in [0.2, 0.25) is 0 Å². The molecule has 0 saturated carbocycles. The summed E-state index contributed by atoms with van der Waals surface area (Å²) in [5.41, 5.74) is 1.01. The van der Waals surface area contributed by atoms with Crippen molar-refractivity contribution in [2.45, 2.75) is 0 Å². The van der Waals surface area contributed by atoms with E-state index in [1.807, 2.05) is 36.4 Å². The van der Waals surface area contributed by atoms with Gasteiger partial charge in [-0.1, -0.05) is 0 Å². The lowest BCUT2D eigenvalue weighted by Gasteiger charge is -1.98. The smallest absolute Gasteiger partial charge is 0.151 e. The van der Waals surface area contributed by atoms with E-state index in [2.05, 4.69) is 25.9 Å². The number of rotatable bonds is 3. The summed E-state index contributed by atoms with van der Waals surface area (Å²) in [6, 6.07) is 11.5. The number of hydrogen-bond donors (Lipinski definition) is 0. The Morgan fingerprint density at radius 1 is 1.18 bits per heavy atom. The molecule has 3 nitrogen and oxygen atoms in total. The van der Waals surface area contributed by atoms with Crippen molar-refractivity contribution in [3.63, 3.8) is 0 Å². The normalized spacial score (nSPS) is 10.7. The third-order valence-corrected chi connectivity index (χ3v) is 2.64. The van der Waals surface area contributed by atoms with Crippen molar-refractivity contribution >= 4 is 28.0 Å². The van der Waals surface area contributed by atoms with Crippen LogP contribution in [0.25, 0.3) is 0 Å². The molecule has 0 fully saturated rings. The fourth-order valence-electron chi connectivity index (χ4n) is 1.28. The third-order valence-electron chi connectivity index (χ3n) is 2.17. The zero-order valence-corrected chi connectivity index (χ0v) is 10.9. The number of aromatic nitrogens is 1. The molecular formula is C13H11BrN2O. The molecule has 86 valence electrons. The molecule has 0 aliphatic heterocycles. The fourth-order valence-corrected chi connectivity index (χ4v) is 1.51. The number of aliphatic imine (C=N–C) groups is 1. The topological polar surface area (TPSA) is 34.5 Å².